The number of aromatic nitrogens is 2. The second-order valence-corrected chi connectivity index (χ2v) is 8.65. The van der Waals surface area contributed by atoms with Gasteiger partial charge in [-0.1, -0.05) is 16.8 Å². The van der Waals surface area contributed by atoms with Crippen molar-refractivity contribution in [2.45, 2.75) is 36.5 Å². The van der Waals surface area contributed by atoms with Crippen LogP contribution in [-0.4, -0.2) is 30.5 Å². The van der Waals surface area contributed by atoms with Crippen molar-refractivity contribution in [2.24, 2.45) is 0 Å². The number of hydrogen-bond donors (Lipinski definition) is 1. The summed E-state index contributed by atoms with van der Waals surface area (Å²) in [5.74, 6) is -0.600. The number of sulfone groups is 1. The Balaban J connectivity index is 1.58. The van der Waals surface area contributed by atoms with Gasteiger partial charge >= 0.3 is 11.8 Å². The first kappa shape index (κ1) is 20.1. The number of furan rings is 1. The largest absolute Gasteiger partial charge is 0.469 e. The molecule has 148 valence electrons. The fourth-order valence-electron chi connectivity index (χ4n) is 2.47. The van der Waals surface area contributed by atoms with Crippen LogP contribution < -0.4 is 5.32 Å². The van der Waals surface area contributed by atoms with E-state index in [4.69, 9.17) is 20.5 Å². The topological polar surface area (TPSA) is 115 Å². The molecule has 10 heteroatoms. The molecular weight excluding hydrogens is 406 g/mol. The van der Waals surface area contributed by atoms with Crippen LogP contribution in [0.2, 0.25) is 5.02 Å². The lowest BCUT2D eigenvalue weighted by Crippen LogP contribution is -2.33. The molecule has 0 aliphatic heterocycles. The molecule has 1 N–H and O–H groups in total. The van der Waals surface area contributed by atoms with Crippen LogP contribution in [-0.2, 0) is 22.0 Å². The van der Waals surface area contributed by atoms with Crippen LogP contribution in [0.5, 0.6) is 0 Å². The van der Waals surface area contributed by atoms with Gasteiger partial charge in [-0.05, 0) is 49.7 Å². The molecule has 3 aromatic rings. The summed E-state index contributed by atoms with van der Waals surface area (Å²) in [6.45, 7) is 1.84. The van der Waals surface area contributed by atoms with Gasteiger partial charge in [0.15, 0.2) is 15.7 Å². The summed E-state index contributed by atoms with van der Waals surface area (Å²) in [4.78, 5) is 16.2. The molecule has 0 saturated carbocycles. The number of hydrogen-bond acceptors (Lipinski definition) is 7. The molecule has 3 rings (SSSR count). The highest BCUT2D eigenvalue weighted by Crippen LogP contribution is 2.18. The third-order valence-corrected chi connectivity index (χ3v) is 5.82. The zero-order valence-corrected chi connectivity index (χ0v) is 16.5. The van der Waals surface area contributed by atoms with E-state index in [0.717, 1.165) is 5.76 Å². The number of rotatable bonds is 8. The number of nitrogens with one attached hydrogen (secondary N) is 1. The zero-order valence-electron chi connectivity index (χ0n) is 15.0. The Kier molecular flexibility index (Phi) is 6.15. The second kappa shape index (κ2) is 8.57. The predicted molar refractivity (Wildman–Crippen MR) is 101 cm³/mol. The quantitative estimate of drug-likeness (QED) is 0.591. The highest BCUT2D eigenvalue weighted by molar-refractivity contribution is 7.90. The first-order valence-electron chi connectivity index (χ1n) is 8.47. The minimum Gasteiger partial charge on any atom is -0.469 e. The lowest BCUT2D eigenvalue weighted by Gasteiger charge is -2.10. The minimum absolute atomic E-state index is 0.0826. The van der Waals surface area contributed by atoms with E-state index < -0.39 is 21.5 Å². The zero-order chi connectivity index (χ0) is 20.1. The van der Waals surface area contributed by atoms with Crippen LogP contribution >= 0.6 is 11.6 Å². The lowest BCUT2D eigenvalue weighted by atomic mass is 10.1. The average Bonchev–Trinajstić information content (AvgIpc) is 3.32. The van der Waals surface area contributed by atoms with Crippen LogP contribution in [0.3, 0.4) is 0 Å². The smallest absolute Gasteiger partial charge is 0.315 e. The summed E-state index contributed by atoms with van der Waals surface area (Å²) >= 11 is 5.77. The number of benzene rings is 1. The van der Waals surface area contributed by atoms with Crippen molar-refractivity contribution in [3.63, 3.8) is 0 Å². The van der Waals surface area contributed by atoms with Crippen molar-refractivity contribution < 1.29 is 22.2 Å². The van der Waals surface area contributed by atoms with Crippen molar-refractivity contribution in [3.05, 3.63) is 65.2 Å². The summed E-state index contributed by atoms with van der Waals surface area (Å²) in [7, 11) is -3.69. The Morgan fingerprint density at radius 2 is 2.00 bits per heavy atom. The van der Waals surface area contributed by atoms with Crippen molar-refractivity contribution >= 4 is 27.3 Å². The monoisotopic (exact) mass is 423 g/mol. The normalized spacial score (nSPS) is 12.6. The van der Waals surface area contributed by atoms with E-state index in [1.165, 1.54) is 24.3 Å². The van der Waals surface area contributed by atoms with Crippen LogP contribution in [0.4, 0.5) is 0 Å². The fourth-order valence-corrected chi connectivity index (χ4v) is 3.77. The number of halogens is 1. The van der Waals surface area contributed by atoms with Crippen LogP contribution in [0.15, 0.2) is 56.5 Å². The van der Waals surface area contributed by atoms with Crippen molar-refractivity contribution in [1.82, 2.24) is 15.5 Å². The van der Waals surface area contributed by atoms with Gasteiger partial charge in [0.25, 0.3) is 0 Å². The van der Waals surface area contributed by atoms with Gasteiger partial charge in [-0.3, -0.25) is 4.79 Å². The number of amides is 1. The Hall–Kier alpha value is -2.65. The molecule has 2 heterocycles. The molecule has 1 aromatic carbocycles. The Bertz CT molecular complexity index is 1030. The van der Waals surface area contributed by atoms with Crippen molar-refractivity contribution in [3.8, 4) is 0 Å². The van der Waals surface area contributed by atoms with Gasteiger partial charge in [0.2, 0.25) is 0 Å². The molecule has 8 nitrogen and oxygen atoms in total. The molecule has 2 aromatic heterocycles. The molecule has 0 saturated heterocycles. The minimum atomic E-state index is -3.69. The summed E-state index contributed by atoms with van der Waals surface area (Å²) in [5, 5.41) is 6.75. The summed E-state index contributed by atoms with van der Waals surface area (Å²) in [6.07, 6.45) is 2.92. The number of carbonyl (C=O) groups is 1. The van der Waals surface area contributed by atoms with Gasteiger partial charge < -0.3 is 14.3 Å². The summed E-state index contributed by atoms with van der Waals surface area (Å²) in [6, 6.07) is 9.25. The average molecular weight is 424 g/mol. The van der Waals surface area contributed by atoms with Crippen molar-refractivity contribution in [1.29, 1.82) is 0 Å². The second-order valence-electron chi connectivity index (χ2n) is 6.22. The van der Waals surface area contributed by atoms with E-state index >= 15 is 0 Å². The Morgan fingerprint density at radius 1 is 1.25 bits per heavy atom. The maximum atomic E-state index is 12.4. The molecule has 0 aliphatic rings. The maximum absolute atomic E-state index is 12.4. The molecule has 1 amide bonds. The summed E-state index contributed by atoms with van der Waals surface area (Å²) < 4.78 is 34.9. The van der Waals surface area contributed by atoms with Gasteiger partial charge in [0.1, 0.15) is 11.5 Å². The molecule has 28 heavy (non-hydrogen) atoms. The Labute approximate surface area is 166 Å². The number of nitrogens with zero attached hydrogens (tertiary/aromatic N) is 2. The van der Waals surface area contributed by atoms with Gasteiger partial charge in [-0.2, -0.15) is 4.98 Å². The fraction of sp³-hybridized carbons (Fsp3) is 0.278. The van der Waals surface area contributed by atoms with E-state index in [-0.39, 0.29) is 22.7 Å². The van der Waals surface area contributed by atoms with E-state index in [0.29, 0.717) is 17.9 Å². The van der Waals surface area contributed by atoms with E-state index in [2.05, 4.69) is 15.5 Å². The standard InChI is InChI=1S/C18H18ClN3O5S/c1-12(4-7-14-3-2-10-26-14)20-17(23)18-21-16(22-27-18)11-28(24,25)15-8-5-13(19)6-9-15/h2-3,5-6,8-10,12H,4,7,11H2,1H3,(H,20,23). The molecule has 0 spiro atoms. The molecular formula is C18H18ClN3O5S. The third-order valence-electron chi connectivity index (χ3n) is 3.94. The van der Waals surface area contributed by atoms with E-state index in [1.54, 1.807) is 12.3 Å². The van der Waals surface area contributed by atoms with E-state index in [9.17, 15) is 13.2 Å². The maximum Gasteiger partial charge on any atom is 0.315 e. The molecule has 0 bridgehead atoms. The highest BCUT2D eigenvalue weighted by Gasteiger charge is 2.22. The van der Waals surface area contributed by atoms with E-state index in [1.807, 2.05) is 13.0 Å². The van der Waals surface area contributed by atoms with Crippen LogP contribution in [0.25, 0.3) is 0 Å². The molecule has 1 atom stereocenters. The van der Waals surface area contributed by atoms with Gasteiger partial charge in [-0.15, -0.1) is 0 Å². The van der Waals surface area contributed by atoms with Crippen LogP contribution in [0.1, 0.15) is 35.6 Å². The van der Waals surface area contributed by atoms with Crippen molar-refractivity contribution in [2.75, 3.05) is 0 Å². The lowest BCUT2D eigenvalue weighted by molar-refractivity contribution is 0.0893. The van der Waals surface area contributed by atoms with Gasteiger partial charge in [0.05, 0.1) is 11.2 Å². The first-order chi connectivity index (χ1) is 13.3. The SMILES string of the molecule is CC(CCc1ccco1)NC(=O)c1nc(CS(=O)(=O)c2ccc(Cl)cc2)no1. The third kappa shape index (κ3) is 5.20. The number of aryl methyl sites for hydroxylation is 1. The van der Waals surface area contributed by atoms with Gasteiger partial charge in [0, 0.05) is 17.5 Å². The summed E-state index contributed by atoms with van der Waals surface area (Å²) in [5.41, 5.74) is 0. The molecule has 1 unspecified atom stereocenters. The Morgan fingerprint density at radius 3 is 2.68 bits per heavy atom. The highest BCUT2D eigenvalue weighted by atomic mass is 35.5. The molecule has 0 fully saturated rings. The first-order valence-corrected chi connectivity index (χ1v) is 10.5. The van der Waals surface area contributed by atoms with Crippen LogP contribution in [0, 0.1) is 0 Å². The molecule has 0 radical (unpaired) electrons. The molecule has 0 aliphatic carbocycles. The predicted octanol–water partition coefficient (Wildman–Crippen LogP) is 3.04. The number of carbonyl (C=O) groups excluding carboxylic acids is 1. The van der Waals surface area contributed by atoms with Gasteiger partial charge in [-0.25, -0.2) is 8.42 Å².